The lowest BCUT2D eigenvalue weighted by Crippen LogP contribution is -2.45. The van der Waals surface area contributed by atoms with Crippen LogP contribution in [0, 0.1) is 5.92 Å². The van der Waals surface area contributed by atoms with E-state index in [2.05, 4.69) is 10.6 Å². The fourth-order valence-electron chi connectivity index (χ4n) is 1.83. The minimum Gasteiger partial charge on any atom is -0.481 e. The molecule has 0 aromatic rings. The molecule has 0 aliphatic carbocycles. The third kappa shape index (κ3) is 9.30. The maximum atomic E-state index is 11.7. The molecule has 19 heavy (non-hydrogen) atoms. The monoisotopic (exact) mass is 274 g/mol. The summed E-state index contributed by atoms with van der Waals surface area (Å²) in [7, 11) is 1.60. The van der Waals surface area contributed by atoms with Crippen molar-refractivity contribution < 1.29 is 19.4 Å². The standard InChI is InChI=1S/C13H26N2O4/c1-4-6-11(9-19-3)15-13(18)14-8-10(5-2)7-12(16)17/h10-11H,4-9H2,1-3H3,(H,16,17)(H2,14,15,18). The smallest absolute Gasteiger partial charge is 0.315 e. The lowest BCUT2D eigenvalue weighted by Gasteiger charge is -2.19. The number of amides is 2. The van der Waals surface area contributed by atoms with Gasteiger partial charge in [0, 0.05) is 20.1 Å². The van der Waals surface area contributed by atoms with E-state index in [1.54, 1.807) is 7.11 Å². The Morgan fingerprint density at radius 3 is 2.47 bits per heavy atom. The van der Waals surface area contributed by atoms with Crippen molar-refractivity contribution in [3.05, 3.63) is 0 Å². The first-order chi connectivity index (χ1) is 9.03. The molecule has 2 amide bonds. The van der Waals surface area contributed by atoms with Crippen molar-refractivity contribution in [2.75, 3.05) is 20.3 Å². The van der Waals surface area contributed by atoms with Gasteiger partial charge in [-0.15, -0.1) is 0 Å². The Hall–Kier alpha value is -1.30. The van der Waals surface area contributed by atoms with Crippen LogP contribution >= 0.6 is 0 Å². The van der Waals surface area contributed by atoms with Gasteiger partial charge in [-0.2, -0.15) is 0 Å². The Kier molecular flexibility index (Phi) is 9.88. The molecule has 0 spiro atoms. The molecular weight excluding hydrogens is 248 g/mol. The summed E-state index contributed by atoms with van der Waals surface area (Å²) in [5.41, 5.74) is 0. The minimum absolute atomic E-state index is 0.00505. The molecule has 0 bridgehead atoms. The van der Waals surface area contributed by atoms with Gasteiger partial charge in [-0.05, 0) is 12.3 Å². The van der Waals surface area contributed by atoms with Gasteiger partial charge < -0.3 is 20.5 Å². The summed E-state index contributed by atoms with van der Waals surface area (Å²) in [5.74, 6) is -0.868. The molecule has 6 heteroatoms. The van der Waals surface area contributed by atoms with E-state index in [-0.39, 0.29) is 24.4 Å². The van der Waals surface area contributed by atoms with Crippen molar-refractivity contribution in [3.63, 3.8) is 0 Å². The molecule has 0 aliphatic rings. The van der Waals surface area contributed by atoms with Crippen LogP contribution in [0.1, 0.15) is 39.5 Å². The summed E-state index contributed by atoms with van der Waals surface area (Å²) >= 11 is 0. The van der Waals surface area contributed by atoms with Crippen LogP contribution in [0.15, 0.2) is 0 Å². The van der Waals surface area contributed by atoms with Crippen LogP contribution in [0.3, 0.4) is 0 Å². The van der Waals surface area contributed by atoms with Crippen LogP contribution in [0.2, 0.25) is 0 Å². The molecule has 0 fully saturated rings. The average Bonchev–Trinajstić information content (AvgIpc) is 2.34. The number of methoxy groups -OCH3 is 1. The minimum atomic E-state index is -0.836. The molecule has 0 radical (unpaired) electrons. The molecule has 0 aliphatic heterocycles. The number of carbonyl (C=O) groups is 2. The van der Waals surface area contributed by atoms with E-state index >= 15 is 0 Å². The number of carbonyl (C=O) groups excluding carboxylic acids is 1. The molecular formula is C13H26N2O4. The predicted molar refractivity (Wildman–Crippen MR) is 73.1 cm³/mol. The molecule has 0 heterocycles. The van der Waals surface area contributed by atoms with Crippen LogP contribution in [0.5, 0.6) is 0 Å². The first-order valence-corrected chi connectivity index (χ1v) is 6.78. The average molecular weight is 274 g/mol. The van der Waals surface area contributed by atoms with Gasteiger partial charge in [0.1, 0.15) is 0 Å². The Bertz CT molecular complexity index is 265. The van der Waals surface area contributed by atoms with Gasteiger partial charge in [0.25, 0.3) is 0 Å². The molecule has 2 atom stereocenters. The molecule has 6 nitrogen and oxygen atoms in total. The van der Waals surface area contributed by atoms with E-state index in [9.17, 15) is 9.59 Å². The third-order valence-electron chi connectivity index (χ3n) is 2.93. The first kappa shape index (κ1) is 17.7. The SMILES string of the molecule is CCCC(COC)NC(=O)NCC(CC)CC(=O)O. The molecule has 0 rings (SSSR count). The number of hydrogen-bond donors (Lipinski definition) is 3. The topological polar surface area (TPSA) is 87.7 Å². The molecule has 2 unspecified atom stereocenters. The Morgan fingerprint density at radius 1 is 1.32 bits per heavy atom. The van der Waals surface area contributed by atoms with E-state index in [0.29, 0.717) is 13.2 Å². The Labute approximate surface area is 114 Å². The highest BCUT2D eigenvalue weighted by molar-refractivity contribution is 5.74. The number of hydrogen-bond acceptors (Lipinski definition) is 3. The number of rotatable bonds is 10. The van der Waals surface area contributed by atoms with Crippen molar-refractivity contribution in [3.8, 4) is 0 Å². The molecule has 0 saturated heterocycles. The fraction of sp³-hybridized carbons (Fsp3) is 0.846. The molecule has 0 saturated carbocycles. The van der Waals surface area contributed by atoms with Crippen molar-refractivity contribution in [2.45, 2.75) is 45.6 Å². The second-order valence-corrected chi connectivity index (χ2v) is 4.67. The zero-order chi connectivity index (χ0) is 14.7. The summed E-state index contributed by atoms with van der Waals surface area (Å²) in [6, 6.07) is -0.270. The lowest BCUT2D eigenvalue weighted by atomic mass is 10.0. The number of carboxylic acid groups (broad SMARTS) is 1. The van der Waals surface area contributed by atoms with Crippen LogP contribution in [-0.4, -0.2) is 43.4 Å². The van der Waals surface area contributed by atoms with Crippen LogP contribution in [-0.2, 0) is 9.53 Å². The van der Waals surface area contributed by atoms with Crippen LogP contribution in [0.4, 0.5) is 4.79 Å². The second kappa shape index (κ2) is 10.6. The van der Waals surface area contributed by atoms with Crippen molar-refractivity contribution in [2.24, 2.45) is 5.92 Å². The molecule has 3 N–H and O–H groups in total. The fourth-order valence-corrected chi connectivity index (χ4v) is 1.83. The van der Waals surface area contributed by atoms with Gasteiger partial charge in [-0.1, -0.05) is 26.7 Å². The summed E-state index contributed by atoms with van der Waals surface area (Å²) < 4.78 is 5.04. The second-order valence-electron chi connectivity index (χ2n) is 4.67. The maximum absolute atomic E-state index is 11.7. The van der Waals surface area contributed by atoms with E-state index in [0.717, 1.165) is 19.3 Å². The lowest BCUT2D eigenvalue weighted by molar-refractivity contribution is -0.138. The Morgan fingerprint density at radius 2 is 2.00 bits per heavy atom. The first-order valence-electron chi connectivity index (χ1n) is 6.78. The van der Waals surface area contributed by atoms with Crippen LogP contribution in [0.25, 0.3) is 0 Å². The zero-order valence-corrected chi connectivity index (χ0v) is 12.1. The largest absolute Gasteiger partial charge is 0.481 e. The van der Waals surface area contributed by atoms with Crippen LogP contribution < -0.4 is 10.6 Å². The van der Waals surface area contributed by atoms with E-state index < -0.39 is 5.97 Å². The van der Waals surface area contributed by atoms with E-state index in [1.807, 2.05) is 13.8 Å². The van der Waals surface area contributed by atoms with Crippen molar-refractivity contribution >= 4 is 12.0 Å². The quantitative estimate of drug-likeness (QED) is 0.564. The highest BCUT2D eigenvalue weighted by Crippen LogP contribution is 2.06. The van der Waals surface area contributed by atoms with E-state index in [1.165, 1.54) is 0 Å². The summed E-state index contributed by atoms with van der Waals surface area (Å²) in [4.78, 5) is 22.3. The molecule has 0 aromatic heterocycles. The van der Waals surface area contributed by atoms with Crippen molar-refractivity contribution in [1.29, 1.82) is 0 Å². The highest BCUT2D eigenvalue weighted by atomic mass is 16.5. The highest BCUT2D eigenvalue weighted by Gasteiger charge is 2.14. The number of aliphatic carboxylic acids is 1. The normalized spacial score (nSPS) is 13.6. The number of carboxylic acids is 1. The van der Waals surface area contributed by atoms with E-state index in [4.69, 9.17) is 9.84 Å². The van der Waals surface area contributed by atoms with Gasteiger partial charge in [-0.25, -0.2) is 4.79 Å². The van der Waals surface area contributed by atoms with Gasteiger partial charge in [0.05, 0.1) is 12.6 Å². The Balaban J connectivity index is 4.03. The van der Waals surface area contributed by atoms with Gasteiger partial charge in [0.2, 0.25) is 0 Å². The summed E-state index contributed by atoms with van der Waals surface area (Å²) in [6.07, 6.45) is 2.62. The molecule has 112 valence electrons. The number of ether oxygens (including phenoxy) is 1. The molecule has 0 aromatic carbocycles. The number of urea groups is 1. The maximum Gasteiger partial charge on any atom is 0.315 e. The summed E-state index contributed by atoms with van der Waals surface area (Å²) in [6.45, 7) is 4.81. The van der Waals surface area contributed by atoms with Gasteiger partial charge in [-0.3, -0.25) is 4.79 Å². The summed E-state index contributed by atoms with van der Waals surface area (Å²) in [5, 5.41) is 14.3. The predicted octanol–water partition coefficient (Wildman–Crippen LogP) is 1.60. The van der Waals surface area contributed by atoms with Gasteiger partial charge in [0.15, 0.2) is 0 Å². The van der Waals surface area contributed by atoms with Crippen molar-refractivity contribution in [1.82, 2.24) is 10.6 Å². The number of nitrogens with one attached hydrogen (secondary N) is 2. The zero-order valence-electron chi connectivity index (χ0n) is 12.1. The van der Waals surface area contributed by atoms with Gasteiger partial charge >= 0.3 is 12.0 Å². The third-order valence-corrected chi connectivity index (χ3v) is 2.93.